The van der Waals surface area contributed by atoms with Gasteiger partial charge in [-0.3, -0.25) is 0 Å². The molecule has 0 aliphatic carbocycles. The first-order valence-electron chi connectivity index (χ1n) is 5.76. The molecule has 1 aromatic carbocycles. The molecule has 1 aromatic rings. The van der Waals surface area contributed by atoms with Crippen LogP contribution in [0.1, 0.15) is 12.8 Å². The van der Waals surface area contributed by atoms with E-state index in [0.717, 1.165) is 19.4 Å². The number of ether oxygens (including phenoxy) is 1. The Morgan fingerprint density at radius 3 is 2.94 bits per heavy atom. The first-order chi connectivity index (χ1) is 8.65. The van der Waals surface area contributed by atoms with Crippen molar-refractivity contribution in [1.82, 2.24) is 5.32 Å². The maximum atomic E-state index is 11.6. The molecule has 0 bridgehead atoms. The van der Waals surface area contributed by atoms with Gasteiger partial charge in [-0.1, -0.05) is 23.2 Å². The molecule has 98 valence electrons. The third-order valence-corrected chi connectivity index (χ3v) is 3.24. The average Bonchev–Trinajstić information content (AvgIpc) is 2.83. The molecular weight excluding hydrogens is 275 g/mol. The number of halogens is 2. The van der Waals surface area contributed by atoms with E-state index in [4.69, 9.17) is 27.9 Å². The normalized spacial score (nSPS) is 18.7. The largest absolute Gasteiger partial charge is 0.376 e. The van der Waals surface area contributed by atoms with Gasteiger partial charge in [0.25, 0.3) is 0 Å². The third-order valence-electron chi connectivity index (χ3n) is 2.69. The molecule has 1 fully saturated rings. The summed E-state index contributed by atoms with van der Waals surface area (Å²) in [4.78, 5) is 11.6. The summed E-state index contributed by atoms with van der Waals surface area (Å²) in [5, 5.41) is 6.36. The van der Waals surface area contributed by atoms with Crippen LogP contribution in [0.4, 0.5) is 10.5 Å². The molecule has 18 heavy (non-hydrogen) atoms. The van der Waals surface area contributed by atoms with Gasteiger partial charge in [0.2, 0.25) is 0 Å². The lowest BCUT2D eigenvalue weighted by Crippen LogP contribution is -2.35. The van der Waals surface area contributed by atoms with Crippen molar-refractivity contribution in [2.75, 3.05) is 18.5 Å². The number of carbonyl (C=O) groups excluding carboxylic acids is 1. The van der Waals surface area contributed by atoms with Crippen molar-refractivity contribution >= 4 is 34.9 Å². The maximum absolute atomic E-state index is 11.6. The minimum atomic E-state index is -0.297. The number of amides is 2. The zero-order valence-corrected chi connectivity index (χ0v) is 11.2. The number of anilines is 1. The summed E-state index contributed by atoms with van der Waals surface area (Å²) in [6.45, 7) is 1.29. The van der Waals surface area contributed by atoms with Crippen LogP contribution >= 0.6 is 23.2 Å². The second-order valence-corrected chi connectivity index (χ2v) is 4.94. The van der Waals surface area contributed by atoms with Gasteiger partial charge in [-0.15, -0.1) is 0 Å². The van der Waals surface area contributed by atoms with Gasteiger partial charge in [0.15, 0.2) is 0 Å². The van der Waals surface area contributed by atoms with Crippen LogP contribution in [-0.4, -0.2) is 25.3 Å². The fourth-order valence-corrected chi connectivity index (χ4v) is 2.22. The molecule has 6 heteroatoms. The van der Waals surface area contributed by atoms with Crippen molar-refractivity contribution < 1.29 is 9.53 Å². The highest BCUT2D eigenvalue weighted by Crippen LogP contribution is 2.25. The van der Waals surface area contributed by atoms with E-state index < -0.39 is 0 Å². The van der Waals surface area contributed by atoms with E-state index in [1.807, 2.05) is 0 Å². The van der Waals surface area contributed by atoms with E-state index in [1.54, 1.807) is 18.2 Å². The van der Waals surface area contributed by atoms with Gasteiger partial charge in [-0.05, 0) is 31.0 Å². The molecule has 1 aliphatic rings. The number of hydrogen-bond donors (Lipinski definition) is 2. The molecule has 0 unspecified atom stereocenters. The Kier molecular flexibility index (Phi) is 4.69. The van der Waals surface area contributed by atoms with Crippen molar-refractivity contribution in [3.63, 3.8) is 0 Å². The fourth-order valence-electron chi connectivity index (χ4n) is 1.77. The fraction of sp³-hybridized carbons (Fsp3) is 0.417. The molecule has 0 radical (unpaired) electrons. The number of urea groups is 1. The summed E-state index contributed by atoms with van der Waals surface area (Å²) >= 11 is 11.7. The Hall–Kier alpha value is -0.970. The van der Waals surface area contributed by atoms with Gasteiger partial charge in [-0.2, -0.15) is 0 Å². The molecule has 2 rings (SSSR count). The smallest absolute Gasteiger partial charge is 0.319 e. The SMILES string of the molecule is O=C(NC[C@H]1CCCO1)Nc1ccc(Cl)cc1Cl. The van der Waals surface area contributed by atoms with Crippen LogP contribution in [0.5, 0.6) is 0 Å². The van der Waals surface area contributed by atoms with Crippen molar-refractivity contribution in [2.24, 2.45) is 0 Å². The zero-order valence-electron chi connectivity index (χ0n) is 9.71. The molecule has 2 N–H and O–H groups in total. The Bertz CT molecular complexity index is 434. The van der Waals surface area contributed by atoms with Crippen LogP contribution in [0, 0.1) is 0 Å². The summed E-state index contributed by atoms with van der Waals surface area (Å²) < 4.78 is 5.41. The van der Waals surface area contributed by atoms with E-state index in [-0.39, 0.29) is 12.1 Å². The highest BCUT2D eigenvalue weighted by molar-refractivity contribution is 6.36. The van der Waals surface area contributed by atoms with E-state index in [2.05, 4.69) is 10.6 Å². The van der Waals surface area contributed by atoms with Crippen molar-refractivity contribution in [1.29, 1.82) is 0 Å². The van der Waals surface area contributed by atoms with E-state index >= 15 is 0 Å². The van der Waals surface area contributed by atoms with E-state index in [0.29, 0.717) is 22.3 Å². The van der Waals surface area contributed by atoms with Gasteiger partial charge in [0.05, 0.1) is 16.8 Å². The average molecular weight is 289 g/mol. The van der Waals surface area contributed by atoms with Crippen LogP contribution in [0.15, 0.2) is 18.2 Å². The van der Waals surface area contributed by atoms with Crippen molar-refractivity contribution in [3.8, 4) is 0 Å². The number of carbonyl (C=O) groups is 1. The molecule has 1 saturated heterocycles. The first kappa shape index (κ1) is 13.5. The Morgan fingerprint density at radius 2 is 2.28 bits per heavy atom. The molecule has 1 aliphatic heterocycles. The summed E-state index contributed by atoms with van der Waals surface area (Å²) in [5.41, 5.74) is 0.533. The van der Waals surface area contributed by atoms with Gasteiger partial charge in [0, 0.05) is 18.2 Å². The topological polar surface area (TPSA) is 50.4 Å². The quantitative estimate of drug-likeness (QED) is 0.897. The molecule has 1 atom stereocenters. The van der Waals surface area contributed by atoms with E-state index in [1.165, 1.54) is 0 Å². The highest BCUT2D eigenvalue weighted by atomic mass is 35.5. The predicted octanol–water partition coefficient (Wildman–Crippen LogP) is 3.29. The Morgan fingerprint density at radius 1 is 1.44 bits per heavy atom. The second-order valence-electron chi connectivity index (χ2n) is 4.09. The number of nitrogens with one attached hydrogen (secondary N) is 2. The van der Waals surface area contributed by atoms with Crippen LogP contribution < -0.4 is 10.6 Å². The van der Waals surface area contributed by atoms with Crippen molar-refractivity contribution in [2.45, 2.75) is 18.9 Å². The van der Waals surface area contributed by atoms with Crippen LogP contribution in [-0.2, 0) is 4.74 Å². The second kappa shape index (κ2) is 6.27. The Labute approximate surface area is 116 Å². The molecule has 1 heterocycles. The number of hydrogen-bond acceptors (Lipinski definition) is 2. The van der Waals surface area contributed by atoms with Crippen LogP contribution in [0.2, 0.25) is 10.0 Å². The summed E-state index contributed by atoms with van der Waals surface area (Å²) in [7, 11) is 0. The van der Waals surface area contributed by atoms with Gasteiger partial charge in [-0.25, -0.2) is 4.79 Å². The lowest BCUT2D eigenvalue weighted by molar-refractivity contribution is 0.112. The van der Waals surface area contributed by atoms with Gasteiger partial charge in [0.1, 0.15) is 0 Å². The minimum absolute atomic E-state index is 0.122. The molecule has 0 aromatic heterocycles. The van der Waals surface area contributed by atoms with E-state index in [9.17, 15) is 4.79 Å². The molecule has 0 saturated carbocycles. The number of rotatable bonds is 3. The molecule has 2 amide bonds. The molecular formula is C12H14Cl2N2O2. The zero-order chi connectivity index (χ0) is 13.0. The monoisotopic (exact) mass is 288 g/mol. The number of benzene rings is 1. The Balaban J connectivity index is 1.82. The highest BCUT2D eigenvalue weighted by Gasteiger charge is 2.16. The predicted molar refractivity (Wildman–Crippen MR) is 72.5 cm³/mol. The third kappa shape index (κ3) is 3.77. The summed E-state index contributed by atoms with van der Waals surface area (Å²) in [6.07, 6.45) is 2.16. The minimum Gasteiger partial charge on any atom is -0.376 e. The lowest BCUT2D eigenvalue weighted by atomic mass is 10.2. The maximum Gasteiger partial charge on any atom is 0.319 e. The van der Waals surface area contributed by atoms with Crippen LogP contribution in [0.25, 0.3) is 0 Å². The lowest BCUT2D eigenvalue weighted by Gasteiger charge is -2.12. The molecule has 4 nitrogen and oxygen atoms in total. The molecule has 0 spiro atoms. The summed E-state index contributed by atoms with van der Waals surface area (Å²) in [5.74, 6) is 0. The first-order valence-corrected chi connectivity index (χ1v) is 6.52. The van der Waals surface area contributed by atoms with Gasteiger partial charge < -0.3 is 15.4 Å². The van der Waals surface area contributed by atoms with Crippen molar-refractivity contribution in [3.05, 3.63) is 28.2 Å². The van der Waals surface area contributed by atoms with Gasteiger partial charge >= 0.3 is 6.03 Å². The summed E-state index contributed by atoms with van der Waals surface area (Å²) in [6, 6.07) is 4.62. The standard InChI is InChI=1S/C12H14Cl2N2O2/c13-8-3-4-11(10(14)6-8)16-12(17)15-7-9-2-1-5-18-9/h3-4,6,9H,1-2,5,7H2,(H2,15,16,17)/t9-/m1/s1. The van der Waals surface area contributed by atoms with Crippen LogP contribution in [0.3, 0.4) is 0 Å².